The third-order valence-electron chi connectivity index (χ3n) is 2.64. The topological polar surface area (TPSA) is 122 Å². The number of para-hydroxylation sites is 1. The lowest BCUT2D eigenvalue weighted by atomic mass is 10.2. The molecule has 0 unspecified atom stereocenters. The zero-order chi connectivity index (χ0) is 15.4. The van der Waals surface area contributed by atoms with Crippen LogP contribution in [0.1, 0.15) is 15.9 Å². The first kappa shape index (κ1) is 14.2. The molecule has 0 aromatic heterocycles. The molecule has 2 rings (SSSR count). The van der Waals surface area contributed by atoms with Crippen LogP contribution in [0.15, 0.2) is 41.5 Å². The summed E-state index contributed by atoms with van der Waals surface area (Å²) in [5, 5.41) is 40.9. The highest BCUT2D eigenvalue weighted by Crippen LogP contribution is 2.35. The van der Waals surface area contributed by atoms with E-state index in [1.807, 2.05) is 0 Å². The molecule has 21 heavy (non-hydrogen) atoms. The number of phenols is 4. The maximum Gasteiger partial charge on any atom is 0.271 e. The summed E-state index contributed by atoms with van der Waals surface area (Å²) in [7, 11) is 0. The van der Waals surface area contributed by atoms with Crippen molar-refractivity contribution in [3.05, 3.63) is 47.5 Å². The standard InChI is InChI=1S/C14H12N2O5/c17-10-4-2-1-3-8(10)7-15-16-14(21)9-5-11(18)13(20)12(19)6-9/h1-7,17-20H,(H,16,21)/b15-7-. The number of benzene rings is 2. The second-order valence-electron chi connectivity index (χ2n) is 4.12. The van der Waals surface area contributed by atoms with Crippen LogP contribution < -0.4 is 5.43 Å². The van der Waals surface area contributed by atoms with Crippen LogP contribution in [0.2, 0.25) is 0 Å². The highest BCUT2D eigenvalue weighted by molar-refractivity contribution is 5.96. The van der Waals surface area contributed by atoms with E-state index in [9.17, 15) is 25.2 Å². The number of amides is 1. The molecule has 0 saturated carbocycles. The highest BCUT2D eigenvalue weighted by Gasteiger charge is 2.12. The maximum absolute atomic E-state index is 11.7. The zero-order valence-electron chi connectivity index (χ0n) is 10.7. The van der Waals surface area contributed by atoms with Crippen molar-refractivity contribution < 1.29 is 25.2 Å². The molecule has 2 aromatic rings. The third kappa shape index (κ3) is 3.21. The molecule has 5 N–H and O–H groups in total. The van der Waals surface area contributed by atoms with Gasteiger partial charge in [-0.25, -0.2) is 5.43 Å². The number of aromatic hydroxyl groups is 4. The maximum atomic E-state index is 11.7. The predicted molar refractivity (Wildman–Crippen MR) is 74.6 cm³/mol. The second kappa shape index (κ2) is 5.83. The number of rotatable bonds is 3. The minimum Gasteiger partial charge on any atom is -0.507 e. The van der Waals surface area contributed by atoms with Crippen molar-refractivity contribution in [2.75, 3.05) is 0 Å². The van der Waals surface area contributed by atoms with E-state index in [0.717, 1.165) is 12.1 Å². The van der Waals surface area contributed by atoms with Gasteiger partial charge in [0.15, 0.2) is 17.2 Å². The van der Waals surface area contributed by atoms with Crippen LogP contribution >= 0.6 is 0 Å². The SMILES string of the molecule is O=C(N/N=C\c1ccccc1O)c1cc(O)c(O)c(O)c1. The molecule has 0 radical (unpaired) electrons. The Kier molecular flexibility index (Phi) is 3.94. The van der Waals surface area contributed by atoms with Crippen molar-refractivity contribution in [1.82, 2.24) is 5.43 Å². The fourth-order valence-electron chi connectivity index (χ4n) is 1.56. The van der Waals surface area contributed by atoms with E-state index >= 15 is 0 Å². The number of carbonyl (C=O) groups excluding carboxylic acids is 1. The van der Waals surface area contributed by atoms with E-state index in [2.05, 4.69) is 10.5 Å². The Labute approximate surface area is 119 Å². The van der Waals surface area contributed by atoms with Gasteiger partial charge in [-0.1, -0.05) is 12.1 Å². The van der Waals surface area contributed by atoms with Gasteiger partial charge in [-0.3, -0.25) is 4.79 Å². The van der Waals surface area contributed by atoms with Crippen LogP contribution in [0, 0.1) is 0 Å². The second-order valence-corrected chi connectivity index (χ2v) is 4.12. The lowest BCUT2D eigenvalue weighted by Crippen LogP contribution is -2.17. The summed E-state index contributed by atoms with van der Waals surface area (Å²) in [6.45, 7) is 0. The van der Waals surface area contributed by atoms with E-state index in [-0.39, 0.29) is 11.3 Å². The molecule has 7 nitrogen and oxygen atoms in total. The fraction of sp³-hybridized carbons (Fsp3) is 0. The molecular formula is C14H12N2O5. The first-order valence-corrected chi connectivity index (χ1v) is 5.85. The Morgan fingerprint density at radius 2 is 1.62 bits per heavy atom. The monoisotopic (exact) mass is 288 g/mol. The van der Waals surface area contributed by atoms with E-state index in [1.165, 1.54) is 12.3 Å². The summed E-state index contributed by atoms with van der Waals surface area (Å²) < 4.78 is 0. The molecular weight excluding hydrogens is 276 g/mol. The molecule has 0 aliphatic carbocycles. The van der Waals surface area contributed by atoms with Crippen LogP contribution in [0.25, 0.3) is 0 Å². The Hall–Kier alpha value is -3.22. The van der Waals surface area contributed by atoms with Crippen LogP contribution in [0.4, 0.5) is 0 Å². The number of phenolic OH excluding ortho intramolecular Hbond substituents is 4. The molecule has 2 aromatic carbocycles. The summed E-state index contributed by atoms with van der Waals surface area (Å²) in [6, 6.07) is 8.38. The number of hydrogen-bond acceptors (Lipinski definition) is 6. The minimum atomic E-state index is -0.704. The Morgan fingerprint density at radius 1 is 1.00 bits per heavy atom. The van der Waals surface area contributed by atoms with E-state index < -0.39 is 23.2 Å². The molecule has 108 valence electrons. The normalized spacial score (nSPS) is 10.7. The molecule has 1 amide bonds. The van der Waals surface area contributed by atoms with Crippen molar-refractivity contribution in [2.24, 2.45) is 5.10 Å². The summed E-state index contributed by atoms with van der Waals surface area (Å²) in [5.41, 5.74) is 2.49. The molecule has 0 heterocycles. The van der Waals surface area contributed by atoms with Crippen molar-refractivity contribution in [1.29, 1.82) is 0 Å². The number of nitrogens with one attached hydrogen (secondary N) is 1. The summed E-state index contributed by atoms with van der Waals surface area (Å²) >= 11 is 0. The molecule has 0 saturated heterocycles. The van der Waals surface area contributed by atoms with Crippen molar-refractivity contribution in [2.45, 2.75) is 0 Å². The van der Waals surface area contributed by atoms with Gasteiger partial charge in [0.2, 0.25) is 0 Å². The number of carbonyl (C=O) groups is 1. The van der Waals surface area contributed by atoms with Gasteiger partial charge in [-0.05, 0) is 24.3 Å². The Balaban J connectivity index is 2.11. The van der Waals surface area contributed by atoms with Gasteiger partial charge in [0, 0.05) is 11.1 Å². The predicted octanol–water partition coefficient (Wildman–Crippen LogP) is 1.27. The van der Waals surface area contributed by atoms with Gasteiger partial charge < -0.3 is 20.4 Å². The lowest BCUT2D eigenvalue weighted by Gasteiger charge is -2.04. The molecule has 0 fully saturated rings. The van der Waals surface area contributed by atoms with Gasteiger partial charge in [0.05, 0.1) is 6.21 Å². The fourth-order valence-corrected chi connectivity index (χ4v) is 1.56. The molecule has 0 bridgehead atoms. The van der Waals surface area contributed by atoms with Crippen molar-refractivity contribution >= 4 is 12.1 Å². The van der Waals surface area contributed by atoms with Gasteiger partial charge >= 0.3 is 0 Å². The quantitative estimate of drug-likeness (QED) is 0.331. The van der Waals surface area contributed by atoms with Gasteiger partial charge in [-0.15, -0.1) is 0 Å². The summed E-state index contributed by atoms with van der Waals surface area (Å²) in [4.78, 5) is 11.7. The summed E-state index contributed by atoms with van der Waals surface area (Å²) in [5.74, 6) is -2.64. The molecule has 0 atom stereocenters. The number of hydrazone groups is 1. The van der Waals surface area contributed by atoms with Crippen LogP contribution in [0.5, 0.6) is 23.0 Å². The van der Waals surface area contributed by atoms with Crippen LogP contribution in [0.3, 0.4) is 0 Å². The average molecular weight is 288 g/mol. The third-order valence-corrected chi connectivity index (χ3v) is 2.64. The lowest BCUT2D eigenvalue weighted by molar-refractivity contribution is 0.0954. The molecule has 7 heteroatoms. The number of nitrogens with zero attached hydrogens (tertiary/aromatic N) is 1. The molecule has 0 spiro atoms. The van der Waals surface area contributed by atoms with Crippen LogP contribution in [-0.2, 0) is 0 Å². The van der Waals surface area contributed by atoms with Gasteiger partial charge in [-0.2, -0.15) is 5.10 Å². The first-order chi connectivity index (χ1) is 9.99. The Bertz CT molecular complexity index is 689. The van der Waals surface area contributed by atoms with Crippen molar-refractivity contribution in [3.8, 4) is 23.0 Å². The van der Waals surface area contributed by atoms with Gasteiger partial charge in [0.1, 0.15) is 5.75 Å². The van der Waals surface area contributed by atoms with E-state index in [1.54, 1.807) is 18.2 Å². The highest BCUT2D eigenvalue weighted by atomic mass is 16.3. The van der Waals surface area contributed by atoms with E-state index in [0.29, 0.717) is 5.56 Å². The Morgan fingerprint density at radius 3 is 2.24 bits per heavy atom. The largest absolute Gasteiger partial charge is 0.507 e. The minimum absolute atomic E-state index is 0.00965. The molecule has 0 aliphatic heterocycles. The van der Waals surface area contributed by atoms with E-state index in [4.69, 9.17) is 0 Å². The van der Waals surface area contributed by atoms with Gasteiger partial charge in [0.25, 0.3) is 5.91 Å². The number of hydrogen-bond donors (Lipinski definition) is 5. The first-order valence-electron chi connectivity index (χ1n) is 5.85. The van der Waals surface area contributed by atoms with Crippen molar-refractivity contribution in [3.63, 3.8) is 0 Å². The van der Waals surface area contributed by atoms with Crippen LogP contribution in [-0.4, -0.2) is 32.5 Å². The summed E-state index contributed by atoms with van der Waals surface area (Å²) in [6.07, 6.45) is 1.24. The smallest absolute Gasteiger partial charge is 0.271 e. The average Bonchev–Trinajstić information content (AvgIpc) is 2.46. The zero-order valence-corrected chi connectivity index (χ0v) is 10.7. The molecule has 0 aliphatic rings.